The molecule has 0 spiro atoms. The smallest absolute Gasteiger partial charge is 0.313 e. The lowest BCUT2D eigenvalue weighted by molar-refractivity contribution is -0.141. The zero-order valence-electron chi connectivity index (χ0n) is 8.63. The van der Waals surface area contributed by atoms with E-state index in [0.717, 1.165) is 0 Å². The summed E-state index contributed by atoms with van der Waals surface area (Å²) in [5.74, 6) is -0.797. The first kappa shape index (κ1) is 13.2. The summed E-state index contributed by atoms with van der Waals surface area (Å²) in [7, 11) is 0. The largest absolute Gasteiger partial charge is 0.466 e. The van der Waals surface area contributed by atoms with Crippen molar-refractivity contribution in [2.75, 3.05) is 6.61 Å². The Morgan fingerprint density at radius 3 is 2.69 bits per heavy atom. The van der Waals surface area contributed by atoms with E-state index in [1.54, 1.807) is 25.1 Å². The molecule has 0 N–H and O–H groups in total. The van der Waals surface area contributed by atoms with Gasteiger partial charge in [0.05, 0.1) is 11.6 Å². The molecule has 1 rings (SSSR count). The van der Waals surface area contributed by atoms with Crippen molar-refractivity contribution in [1.82, 2.24) is 0 Å². The minimum Gasteiger partial charge on any atom is -0.466 e. The fourth-order valence-corrected chi connectivity index (χ4v) is 1.61. The van der Waals surface area contributed by atoms with E-state index in [9.17, 15) is 9.59 Å². The molecule has 0 saturated heterocycles. The number of carbonyl (C=O) groups excluding carboxylic acids is 2. The van der Waals surface area contributed by atoms with Crippen LogP contribution in [0.1, 0.15) is 23.7 Å². The van der Waals surface area contributed by atoms with Crippen LogP contribution in [0.15, 0.2) is 22.7 Å². The van der Waals surface area contributed by atoms with Gasteiger partial charge in [-0.1, -0.05) is 11.6 Å². The molecule has 0 amide bonds. The van der Waals surface area contributed by atoms with Gasteiger partial charge in [0.25, 0.3) is 0 Å². The topological polar surface area (TPSA) is 43.4 Å². The predicted octanol–water partition coefficient (Wildman–Crippen LogP) is 3.24. The van der Waals surface area contributed by atoms with Gasteiger partial charge in [-0.25, -0.2) is 0 Å². The molecule has 0 heterocycles. The van der Waals surface area contributed by atoms with Crippen LogP contribution in [-0.4, -0.2) is 18.4 Å². The SMILES string of the molecule is CCOC(=O)CC(=O)c1ccc(Cl)c(Br)c1. The Bertz CT molecular complexity index is 418. The van der Waals surface area contributed by atoms with Crippen molar-refractivity contribution in [3.8, 4) is 0 Å². The van der Waals surface area contributed by atoms with Gasteiger partial charge in [-0.15, -0.1) is 0 Å². The molecular weight excluding hydrogens is 295 g/mol. The number of ketones is 1. The maximum Gasteiger partial charge on any atom is 0.313 e. The first-order chi connectivity index (χ1) is 7.54. The Morgan fingerprint density at radius 2 is 2.12 bits per heavy atom. The maximum absolute atomic E-state index is 11.6. The van der Waals surface area contributed by atoms with E-state index in [-0.39, 0.29) is 18.8 Å². The number of ether oxygens (including phenoxy) is 1. The molecule has 1 aromatic carbocycles. The first-order valence-corrected chi connectivity index (χ1v) is 5.85. The minimum atomic E-state index is -0.515. The number of hydrogen-bond acceptors (Lipinski definition) is 3. The summed E-state index contributed by atoms with van der Waals surface area (Å²) in [6.07, 6.45) is -0.248. The van der Waals surface area contributed by atoms with Gasteiger partial charge in [-0.2, -0.15) is 0 Å². The third-order valence-corrected chi connectivity index (χ3v) is 3.07. The zero-order valence-corrected chi connectivity index (χ0v) is 11.0. The quantitative estimate of drug-likeness (QED) is 0.487. The van der Waals surface area contributed by atoms with Crippen LogP contribution in [0.2, 0.25) is 5.02 Å². The highest BCUT2D eigenvalue weighted by atomic mass is 79.9. The Labute approximate surface area is 107 Å². The standard InChI is InChI=1S/C11H10BrClO3/c1-2-16-11(15)6-10(14)7-3-4-9(13)8(12)5-7/h3-5H,2,6H2,1H3. The third-order valence-electron chi connectivity index (χ3n) is 1.85. The minimum absolute atomic E-state index is 0.248. The molecule has 16 heavy (non-hydrogen) atoms. The Morgan fingerprint density at radius 1 is 1.44 bits per heavy atom. The average molecular weight is 306 g/mol. The van der Waals surface area contributed by atoms with Crippen LogP contribution in [-0.2, 0) is 9.53 Å². The average Bonchev–Trinajstić information content (AvgIpc) is 2.22. The van der Waals surface area contributed by atoms with Gasteiger partial charge in [-0.05, 0) is 41.1 Å². The second-order valence-electron chi connectivity index (χ2n) is 3.03. The molecule has 0 fully saturated rings. The number of rotatable bonds is 4. The fourth-order valence-electron chi connectivity index (χ4n) is 1.11. The molecule has 0 aliphatic heterocycles. The van der Waals surface area contributed by atoms with Gasteiger partial charge in [0.15, 0.2) is 5.78 Å². The number of carbonyl (C=O) groups is 2. The monoisotopic (exact) mass is 304 g/mol. The molecule has 86 valence electrons. The van der Waals surface area contributed by atoms with Crippen molar-refractivity contribution in [2.45, 2.75) is 13.3 Å². The molecule has 0 saturated carbocycles. The molecule has 0 atom stereocenters. The summed E-state index contributed by atoms with van der Waals surface area (Å²) in [5.41, 5.74) is 0.435. The molecule has 0 bridgehead atoms. The maximum atomic E-state index is 11.6. The van der Waals surface area contributed by atoms with Gasteiger partial charge < -0.3 is 4.74 Å². The van der Waals surface area contributed by atoms with E-state index in [1.165, 1.54) is 0 Å². The van der Waals surface area contributed by atoms with E-state index in [2.05, 4.69) is 15.9 Å². The summed E-state index contributed by atoms with van der Waals surface area (Å²) in [6.45, 7) is 1.97. The Hall–Kier alpha value is -0.870. The number of halogens is 2. The highest BCUT2D eigenvalue weighted by molar-refractivity contribution is 9.10. The lowest BCUT2D eigenvalue weighted by atomic mass is 10.1. The van der Waals surface area contributed by atoms with Gasteiger partial charge in [0.1, 0.15) is 6.42 Å². The van der Waals surface area contributed by atoms with Gasteiger partial charge >= 0.3 is 5.97 Å². The number of esters is 1. The summed E-state index contributed by atoms with van der Waals surface area (Å²) < 4.78 is 5.32. The third kappa shape index (κ3) is 3.61. The molecule has 3 nitrogen and oxygen atoms in total. The molecule has 0 aromatic heterocycles. The lowest BCUT2D eigenvalue weighted by Gasteiger charge is -2.03. The van der Waals surface area contributed by atoms with Crippen LogP contribution in [0.5, 0.6) is 0 Å². The van der Waals surface area contributed by atoms with Crippen molar-refractivity contribution >= 4 is 39.3 Å². The molecular formula is C11H10BrClO3. The Balaban J connectivity index is 2.73. The van der Waals surface area contributed by atoms with Crippen molar-refractivity contribution in [1.29, 1.82) is 0 Å². The zero-order chi connectivity index (χ0) is 12.1. The van der Waals surface area contributed by atoms with E-state index in [4.69, 9.17) is 16.3 Å². The van der Waals surface area contributed by atoms with Gasteiger partial charge in [-0.3, -0.25) is 9.59 Å². The normalized spacial score (nSPS) is 9.94. The second-order valence-corrected chi connectivity index (χ2v) is 4.30. The summed E-state index contributed by atoms with van der Waals surface area (Å²) in [4.78, 5) is 22.7. The second kappa shape index (κ2) is 6.01. The van der Waals surface area contributed by atoms with Crippen LogP contribution in [0.25, 0.3) is 0 Å². The first-order valence-electron chi connectivity index (χ1n) is 4.68. The molecule has 0 unspecified atom stereocenters. The predicted molar refractivity (Wildman–Crippen MR) is 64.7 cm³/mol. The van der Waals surface area contributed by atoms with Gasteiger partial charge in [0, 0.05) is 10.0 Å². The lowest BCUT2D eigenvalue weighted by Crippen LogP contribution is -2.11. The van der Waals surface area contributed by atoms with Crippen LogP contribution in [0.4, 0.5) is 0 Å². The molecule has 0 aliphatic carbocycles. The van der Waals surface area contributed by atoms with E-state index < -0.39 is 5.97 Å². The van der Waals surface area contributed by atoms with Crippen LogP contribution >= 0.6 is 27.5 Å². The van der Waals surface area contributed by atoms with Crippen LogP contribution < -0.4 is 0 Å². The van der Waals surface area contributed by atoms with E-state index in [1.807, 2.05) is 0 Å². The van der Waals surface area contributed by atoms with Crippen molar-refractivity contribution in [3.05, 3.63) is 33.3 Å². The summed E-state index contributed by atoms with van der Waals surface area (Å²) >= 11 is 9.00. The fraction of sp³-hybridized carbons (Fsp3) is 0.273. The summed E-state index contributed by atoms with van der Waals surface area (Å²) in [6, 6.07) is 4.77. The number of Topliss-reactive ketones (excluding diaryl/α,β-unsaturated/α-hetero) is 1. The highest BCUT2D eigenvalue weighted by Gasteiger charge is 2.13. The van der Waals surface area contributed by atoms with E-state index >= 15 is 0 Å². The van der Waals surface area contributed by atoms with Crippen molar-refractivity contribution in [3.63, 3.8) is 0 Å². The highest BCUT2D eigenvalue weighted by Crippen LogP contribution is 2.23. The number of benzene rings is 1. The molecule has 0 aliphatic rings. The van der Waals surface area contributed by atoms with E-state index in [0.29, 0.717) is 15.1 Å². The molecule has 1 aromatic rings. The Kier molecular flexibility index (Phi) is 4.96. The van der Waals surface area contributed by atoms with Crippen LogP contribution in [0, 0.1) is 0 Å². The summed E-state index contributed by atoms with van der Waals surface area (Å²) in [5, 5.41) is 0.521. The van der Waals surface area contributed by atoms with Crippen LogP contribution in [0.3, 0.4) is 0 Å². The van der Waals surface area contributed by atoms with Crippen molar-refractivity contribution < 1.29 is 14.3 Å². The number of hydrogen-bond donors (Lipinski definition) is 0. The molecule has 0 radical (unpaired) electrons. The van der Waals surface area contributed by atoms with Gasteiger partial charge in [0.2, 0.25) is 0 Å². The van der Waals surface area contributed by atoms with Crippen molar-refractivity contribution in [2.24, 2.45) is 0 Å². The molecule has 5 heteroatoms.